The van der Waals surface area contributed by atoms with Crippen LogP contribution >= 0.6 is 11.6 Å². The second kappa shape index (κ2) is 8.68. The molecule has 0 atom stereocenters. The Morgan fingerprint density at radius 2 is 1.76 bits per heavy atom. The van der Waals surface area contributed by atoms with Crippen LogP contribution in [0.4, 0.5) is 5.69 Å². The highest BCUT2D eigenvalue weighted by atomic mass is 35.5. The van der Waals surface area contributed by atoms with Crippen LogP contribution in [0, 0.1) is 0 Å². The number of rotatable bonds is 3. The average molecular weight is 370 g/mol. The first kappa shape index (κ1) is 19.0. The van der Waals surface area contributed by atoms with Gasteiger partial charge in [0.2, 0.25) is 0 Å². The third kappa shape index (κ3) is 5.33. The Hall–Kier alpha value is -2.32. The van der Waals surface area contributed by atoms with Gasteiger partial charge in [0, 0.05) is 23.8 Å². The van der Waals surface area contributed by atoms with Crippen molar-refractivity contribution in [2.45, 2.75) is 12.8 Å². The number of carboxylic acids is 2. The van der Waals surface area contributed by atoms with Crippen molar-refractivity contribution in [2.75, 3.05) is 38.2 Å². The molecule has 2 aliphatic heterocycles. The summed E-state index contributed by atoms with van der Waals surface area (Å²) in [6.45, 7) is 4.65. The molecule has 1 aromatic carbocycles. The normalized spacial score (nSPS) is 16.5. The van der Waals surface area contributed by atoms with Crippen LogP contribution < -0.4 is 5.32 Å². The molecule has 1 fully saturated rings. The molecule has 2 aliphatic rings. The van der Waals surface area contributed by atoms with Gasteiger partial charge < -0.3 is 25.3 Å². The number of hydrogen-bond donors (Lipinski definition) is 3. The van der Waals surface area contributed by atoms with E-state index in [1.54, 1.807) is 12.1 Å². The van der Waals surface area contributed by atoms with E-state index < -0.39 is 11.9 Å². The Morgan fingerprint density at radius 1 is 1.12 bits per heavy atom. The van der Waals surface area contributed by atoms with Gasteiger partial charge in [-0.1, -0.05) is 11.6 Å². The van der Waals surface area contributed by atoms with Crippen LogP contribution in [-0.2, 0) is 9.59 Å². The van der Waals surface area contributed by atoms with Crippen molar-refractivity contribution in [1.82, 2.24) is 9.80 Å². The van der Waals surface area contributed by atoms with Gasteiger partial charge in [-0.3, -0.25) is 4.79 Å². The van der Waals surface area contributed by atoms with Crippen LogP contribution in [0.1, 0.15) is 23.2 Å². The fourth-order valence-corrected chi connectivity index (χ4v) is 2.89. The van der Waals surface area contributed by atoms with Crippen molar-refractivity contribution >= 4 is 35.1 Å². The molecule has 8 nitrogen and oxygen atoms in total. The molecule has 0 bridgehead atoms. The van der Waals surface area contributed by atoms with Gasteiger partial charge in [-0.2, -0.15) is 0 Å². The first-order valence-electron chi connectivity index (χ1n) is 7.89. The minimum atomic E-state index is -1.82. The van der Waals surface area contributed by atoms with Crippen LogP contribution in [0.2, 0.25) is 5.02 Å². The third-order valence-corrected chi connectivity index (χ3v) is 4.26. The molecule has 1 amide bonds. The second-order valence-corrected chi connectivity index (χ2v) is 6.19. The van der Waals surface area contributed by atoms with Gasteiger partial charge >= 0.3 is 11.9 Å². The number of halogens is 1. The molecule has 0 spiro atoms. The standard InChI is InChI=1S/C14H18ClN3O.C2H2O4/c15-11-3-4-13-12(9-11)14(19)18(10-16-13)8-7-17-5-1-2-6-17;3-1(4)2(5)6/h3-4,9,16H,1-2,5-8,10H2;(H,3,4)(H,5,6). The molecule has 1 aromatic rings. The van der Waals surface area contributed by atoms with E-state index >= 15 is 0 Å². The van der Waals surface area contributed by atoms with Crippen LogP contribution in [0.5, 0.6) is 0 Å². The van der Waals surface area contributed by atoms with E-state index in [0.717, 1.165) is 31.9 Å². The Bertz CT molecular complexity index is 649. The molecule has 136 valence electrons. The number of hydrogen-bond acceptors (Lipinski definition) is 5. The van der Waals surface area contributed by atoms with Crippen molar-refractivity contribution < 1.29 is 24.6 Å². The number of nitrogens with zero attached hydrogens (tertiary/aromatic N) is 2. The summed E-state index contributed by atoms with van der Waals surface area (Å²) in [5.74, 6) is -3.57. The summed E-state index contributed by atoms with van der Waals surface area (Å²) in [6, 6.07) is 5.42. The van der Waals surface area contributed by atoms with Crippen LogP contribution in [-0.4, -0.2) is 70.7 Å². The maximum atomic E-state index is 12.4. The molecule has 0 unspecified atom stereocenters. The number of nitrogens with one attached hydrogen (secondary N) is 1. The SMILES string of the molecule is O=C(O)C(=O)O.O=C1c2cc(Cl)ccc2NCN1CCN1CCCC1. The van der Waals surface area contributed by atoms with E-state index in [0.29, 0.717) is 17.3 Å². The van der Waals surface area contributed by atoms with Crippen molar-refractivity contribution in [3.63, 3.8) is 0 Å². The zero-order valence-corrected chi connectivity index (χ0v) is 14.3. The van der Waals surface area contributed by atoms with Gasteiger partial charge in [0.25, 0.3) is 5.91 Å². The molecular weight excluding hydrogens is 350 g/mol. The van der Waals surface area contributed by atoms with Gasteiger partial charge in [0.15, 0.2) is 0 Å². The minimum Gasteiger partial charge on any atom is -0.473 e. The number of fused-ring (bicyclic) bond motifs is 1. The fraction of sp³-hybridized carbons (Fsp3) is 0.438. The minimum absolute atomic E-state index is 0.0791. The number of aliphatic carboxylic acids is 2. The molecule has 9 heteroatoms. The summed E-state index contributed by atoms with van der Waals surface area (Å²) in [4.78, 5) is 34.9. The molecular formula is C16H20ClN3O5. The number of carbonyl (C=O) groups excluding carboxylic acids is 1. The molecule has 1 saturated heterocycles. The van der Waals surface area contributed by atoms with E-state index in [2.05, 4.69) is 10.2 Å². The summed E-state index contributed by atoms with van der Waals surface area (Å²) in [7, 11) is 0. The lowest BCUT2D eigenvalue weighted by Crippen LogP contribution is -2.43. The number of amides is 1. The average Bonchev–Trinajstić information content (AvgIpc) is 3.09. The van der Waals surface area contributed by atoms with Crippen molar-refractivity contribution in [3.05, 3.63) is 28.8 Å². The predicted molar refractivity (Wildman–Crippen MR) is 91.9 cm³/mol. The summed E-state index contributed by atoms with van der Waals surface area (Å²) in [6.07, 6.45) is 2.56. The van der Waals surface area contributed by atoms with Crippen LogP contribution in [0.15, 0.2) is 18.2 Å². The molecule has 0 saturated carbocycles. The van der Waals surface area contributed by atoms with E-state index in [1.165, 1.54) is 12.8 Å². The number of carboxylic acid groups (broad SMARTS) is 2. The Morgan fingerprint density at radius 3 is 2.36 bits per heavy atom. The van der Waals surface area contributed by atoms with E-state index in [1.807, 2.05) is 11.0 Å². The zero-order valence-electron chi connectivity index (χ0n) is 13.6. The van der Waals surface area contributed by atoms with Crippen LogP contribution in [0.3, 0.4) is 0 Å². The maximum absolute atomic E-state index is 12.4. The molecule has 3 rings (SSSR count). The Labute approximate surface area is 150 Å². The van der Waals surface area contributed by atoms with Crippen molar-refractivity contribution in [2.24, 2.45) is 0 Å². The van der Waals surface area contributed by atoms with Crippen molar-refractivity contribution in [1.29, 1.82) is 0 Å². The van der Waals surface area contributed by atoms with Gasteiger partial charge in [-0.05, 0) is 44.1 Å². The smallest absolute Gasteiger partial charge is 0.414 e. The number of anilines is 1. The Kier molecular flexibility index (Phi) is 6.60. The summed E-state index contributed by atoms with van der Waals surface area (Å²) < 4.78 is 0. The summed E-state index contributed by atoms with van der Waals surface area (Å²) in [5.41, 5.74) is 1.56. The molecule has 25 heavy (non-hydrogen) atoms. The monoisotopic (exact) mass is 369 g/mol. The summed E-state index contributed by atoms with van der Waals surface area (Å²) >= 11 is 5.96. The van der Waals surface area contributed by atoms with Gasteiger partial charge in [-0.25, -0.2) is 9.59 Å². The maximum Gasteiger partial charge on any atom is 0.414 e. The molecule has 0 aromatic heterocycles. The molecule has 3 N–H and O–H groups in total. The first-order chi connectivity index (χ1) is 11.9. The topological polar surface area (TPSA) is 110 Å². The van der Waals surface area contributed by atoms with Crippen LogP contribution in [0.25, 0.3) is 0 Å². The highest BCUT2D eigenvalue weighted by Crippen LogP contribution is 2.25. The fourth-order valence-electron chi connectivity index (χ4n) is 2.72. The third-order valence-electron chi connectivity index (χ3n) is 4.03. The van der Waals surface area contributed by atoms with E-state index in [9.17, 15) is 4.79 Å². The number of carbonyl (C=O) groups is 3. The quantitative estimate of drug-likeness (QED) is 0.691. The van der Waals surface area contributed by atoms with Gasteiger partial charge in [0.05, 0.1) is 12.2 Å². The summed E-state index contributed by atoms with van der Waals surface area (Å²) in [5, 5.41) is 18.7. The number of benzene rings is 1. The van der Waals surface area contributed by atoms with Gasteiger partial charge in [-0.15, -0.1) is 0 Å². The number of likely N-dealkylation sites (tertiary alicyclic amines) is 1. The lowest BCUT2D eigenvalue weighted by Gasteiger charge is -2.31. The van der Waals surface area contributed by atoms with Gasteiger partial charge in [0.1, 0.15) is 0 Å². The lowest BCUT2D eigenvalue weighted by atomic mass is 10.1. The van der Waals surface area contributed by atoms with E-state index in [4.69, 9.17) is 31.4 Å². The highest BCUT2D eigenvalue weighted by Gasteiger charge is 2.24. The lowest BCUT2D eigenvalue weighted by molar-refractivity contribution is -0.159. The molecule has 2 heterocycles. The first-order valence-corrected chi connectivity index (χ1v) is 8.27. The largest absolute Gasteiger partial charge is 0.473 e. The predicted octanol–water partition coefficient (Wildman–Crippen LogP) is 1.42. The molecule has 0 aliphatic carbocycles. The zero-order chi connectivity index (χ0) is 18.4. The Balaban J connectivity index is 0.000000326. The second-order valence-electron chi connectivity index (χ2n) is 5.75. The highest BCUT2D eigenvalue weighted by molar-refractivity contribution is 6.31. The van der Waals surface area contributed by atoms with E-state index in [-0.39, 0.29) is 5.91 Å². The molecule has 0 radical (unpaired) electrons. The van der Waals surface area contributed by atoms with Crippen molar-refractivity contribution in [3.8, 4) is 0 Å².